The number of nitrogens with one attached hydrogen (secondary N) is 1. The van der Waals surface area contributed by atoms with Crippen LogP contribution in [-0.4, -0.2) is 56.0 Å². The Morgan fingerprint density at radius 1 is 1.25 bits per heavy atom. The second-order valence-corrected chi connectivity index (χ2v) is 9.08. The summed E-state index contributed by atoms with van der Waals surface area (Å²) in [6.45, 7) is 7.04. The average molecular weight is 302 g/mol. The molecule has 2 aliphatic rings. The van der Waals surface area contributed by atoms with Gasteiger partial charge in [0, 0.05) is 30.4 Å². The van der Waals surface area contributed by atoms with Crippen molar-refractivity contribution in [3.05, 3.63) is 0 Å². The van der Waals surface area contributed by atoms with Crippen LogP contribution in [-0.2, 0) is 9.84 Å². The molecule has 20 heavy (non-hydrogen) atoms. The number of hydrogen-bond donors (Lipinski definition) is 1. The molecule has 0 aromatic rings. The Balaban J connectivity index is 1.94. The second-order valence-electron chi connectivity index (χ2n) is 6.60. The maximum Gasteiger partial charge on any atom is 0.150 e. The topological polar surface area (TPSA) is 49.4 Å². The molecule has 1 unspecified atom stereocenters. The summed E-state index contributed by atoms with van der Waals surface area (Å²) in [4.78, 5) is 2.60. The number of hydrogen-bond acceptors (Lipinski definition) is 4. The fourth-order valence-corrected chi connectivity index (χ4v) is 4.57. The Morgan fingerprint density at radius 3 is 2.60 bits per heavy atom. The lowest BCUT2D eigenvalue weighted by molar-refractivity contribution is 0.0131. The Hall–Kier alpha value is -0.130. The van der Waals surface area contributed by atoms with E-state index in [-0.39, 0.29) is 5.75 Å². The molecular weight excluding hydrogens is 272 g/mol. The molecule has 1 atom stereocenters. The van der Waals surface area contributed by atoms with Crippen LogP contribution in [0.5, 0.6) is 0 Å². The first-order valence-electron chi connectivity index (χ1n) is 8.16. The lowest BCUT2D eigenvalue weighted by atomic mass is 9.78. The fourth-order valence-electron chi connectivity index (χ4n) is 3.72. The minimum absolute atomic E-state index is 0.274. The van der Waals surface area contributed by atoms with Crippen LogP contribution in [0.4, 0.5) is 0 Å². The van der Waals surface area contributed by atoms with Crippen molar-refractivity contribution in [1.29, 1.82) is 0 Å². The Morgan fingerprint density at radius 2 is 1.95 bits per heavy atom. The first-order valence-corrected chi connectivity index (χ1v) is 9.98. The zero-order valence-electron chi connectivity index (χ0n) is 13.0. The summed E-state index contributed by atoms with van der Waals surface area (Å²) in [6.07, 6.45) is 7.32. The summed E-state index contributed by atoms with van der Waals surface area (Å²) in [5.41, 5.74) is 0.306. The van der Waals surface area contributed by atoms with E-state index >= 15 is 0 Å². The van der Waals surface area contributed by atoms with Gasteiger partial charge in [-0.3, -0.25) is 4.90 Å². The van der Waals surface area contributed by atoms with Crippen molar-refractivity contribution >= 4 is 9.84 Å². The first-order chi connectivity index (χ1) is 9.47. The van der Waals surface area contributed by atoms with Crippen molar-refractivity contribution < 1.29 is 8.42 Å². The van der Waals surface area contributed by atoms with E-state index in [2.05, 4.69) is 17.1 Å². The molecule has 1 aliphatic carbocycles. The Bertz CT molecular complexity index is 402. The maximum atomic E-state index is 11.6. The summed E-state index contributed by atoms with van der Waals surface area (Å²) in [7, 11) is -2.82. The van der Waals surface area contributed by atoms with Crippen molar-refractivity contribution in [3.8, 4) is 0 Å². The molecule has 0 aromatic carbocycles. The van der Waals surface area contributed by atoms with Gasteiger partial charge in [0.15, 0.2) is 0 Å². The zero-order chi connectivity index (χ0) is 14.6. The highest BCUT2D eigenvalue weighted by molar-refractivity contribution is 7.91. The van der Waals surface area contributed by atoms with E-state index < -0.39 is 9.84 Å². The zero-order valence-corrected chi connectivity index (χ0v) is 13.8. The van der Waals surface area contributed by atoms with Gasteiger partial charge in [0.05, 0.1) is 5.75 Å². The lowest BCUT2D eigenvalue weighted by Crippen LogP contribution is -2.64. The van der Waals surface area contributed by atoms with E-state index in [1.165, 1.54) is 32.1 Å². The largest absolute Gasteiger partial charge is 0.311 e. The van der Waals surface area contributed by atoms with Crippen LogP contribution in [0, 0.1) is 0 Å². The maximum absolute atomic E-state index is 11.6. The van der Waals surface area contributed by atoms with Crippen molar-refractivity contribution in [2.75, 3.05) is 31.1 Å². The third-order valence-corrected chi connectivity index (χ3v) is 6.84. The Kier molecular flexibility index (Phi) is 5.49. The van der Waals surface area contributed by atoms with E-state index in [9.17, 15) is 8.42 Å². The first kappa shape index (κ1) is 16.2. The van der Waals surface area contributed by atoms with Crippen LogP contribution in [0.15, 0.2) is 0 Å². The van der Waals surface area contributed by atoms with E-state index in [1.807, 2.05) is 0 Å². The number of rotatable bonds is 5. The van der Waals surface area contributed by atoms with Crippen molar-refractivity contribution in [2.45, 2.75) is 64.0 Å². The van der Waals surface area contributed by atoms with Crippen LogP contribution >= 0.6 is 0 Å². The monoisotopic (exact) mass is 302 g/mol. The van der Waals surface area contributed by atoms with Gasteiger partial charge in [-0.15, -0.1) is 0 Å². The van der Waals surface area contributed by atoms with Crippen LogP contribution in [0.25, 0.3) is 0 Å². The molecule has 2 fully saturated rings. The number of nitrogens with zero attached hydrogens (tertiary/aromatic N) is 1. The minimum Gasteiger partial charge on any atom is -0.311 e. The smallest absolute Gasteiger partial charge is 0.150 e. The quantitative estimate of drug-likeness (QED) is 0.841. The van der Waals surface area contributed by atoms with Crippen LogP contribution in [0.1, 0.15) is 52.4 Å². The summed E-state index contributed by atoms with van der Waals surface area (Å²) in [5, 5.41) is 3.63. The van der Waals surface area contributed by atoms with Gasteiger partial charge in [0.2, 0.25) is 0 Å². The van der Waals surface area contributed by atoms with Gasteiger partial charge < -0.3 is 5.32 Å². The van der Waals surface area contributed by atoms with Gasteiger partial charge in [-0.25, -0.2) is 8.42 Å². The molecule has 1 saturated heterocycles. The van der Waals surface area contributed by atoms with Crippen LogP contribution in [0.3, 0.4) is 0 Å². The molecule has 0 aromatic heterocycles. The molecule has 0 amide bonds. The van der Waals surface area contributed by atoms with Gasteiger partial charge in [-0.2, -0.15) is 0 Å². The molecule has 4 nitrogen and oxygen atoms in total. The molecule has 0 bridgehead atoms. The van der Waals surface area contributed by atoms with E-state index in [4.69, 9.17) is 0 Å². The minimum atomic E-state index is -2.82. The highest BCUT2D eigenvalue weighted by Gasteiger charge is 2.40. The SMILES string of the molecule is CCS(=O)(=O)CCCN1CC(C)NCC12CCCCC2. The van der Waals surface area contributed by atoms with Crippen LogP contribution < -0.4 is 5.32 Å². The highest BCUT2D eigenvalue weighted by Crippen LogP contribution is 2.35. The molecule has 1 spiro atoms. The fraction of sp³-hybridized carbons (Fsp3) is 1.00. The average Bonchev–Trinajstić information content (AvgIpc) is 2.44. The van der Waals surface area contributed by atoms with Crippen molar-refractivity contribution in [1.82, 2.24) is 10.2 Å². The number of sulfone groups is 1. The van der Waals surface area contributed by atoms with Gasteiger partial charge in [0.25, 0.3) is 0 Å². The molecule has 0 radical (unpaired) electrons. The predicted octanol–water partition coefficient (Wildman–Crippen LogP) is 1.81. The molecule has 2 rings (SSSR count). The predicted molar refractivity (Wildman–Crippen MR) is 83.8 cm³/mol. The van der Waals surface area contributed by atoms with Crippen LogP contribution in [0.2, 0.25) is 0 Å². The second kappa shape index (κ2) is 6.75. The molecule has 5 heteroatoms. The van der Waals surface area contributed by atoms with E-state index in [0.717, 1.165) is 26.1 Å². The van der Waals surface area contributed by atoms with Gasteiger partial charge in [-0.1, -0.05) is 26.2 Å². The summed E-state index contributed by atoms with van der Waals surface area (Å²) >= 11 is 0. The normalized spacial score (nSPS) is 27.8. The Labute approximate surface area is 124 Å². The van der Waals surface area contributed by atoms with Gasteiger partial charge >= 0.3 is 0 Å². The van der Waals surface area contributed by atoms with Gasteiger partial charge in [-0.05, 0) is 32.7 Å². The molecule has 118 valence electrons. The molecule has 1 heterocycles. The summed E-state index contributed by atoms with van der Waals surface area (Å²) in [5.74, 6) is 0.619. The van der Waals surface area contributed by atoms with E-state index in [0.29, 0.717) is 17.3 Å². The third-order valence-electron chi connectivity index (χ3n) is 5.05. The highest BCUT2D eigenvalue weighted by atomic mass is 32.2. The molecule has 1 N–H and O–H groups in total. The van der Waals surface area contributed by atoms with E-state index in [1.54, 1.807) is 6.92 Å². The summed E-state index contributed by atoms with van der Waals surface area (Å²) < 4.78 is 23.3. The molecule has 1 saturated carbocycles. The molecule has 1 aliphatic heterocycles. The number of piperazine rings is 1. The molecular formula is C15H30N2O2S. The van der Waals surface area contributed by atoms with Crippen molar-refractivity contribution in [2.24, 2.45) is 0 Å². The summed E-state index contributed by atoms with van der Waals surface area (Å²) in [6, 6.07) is 0.519. The van der Waals surface area contributed by atoms with Crippen molar-refractivity contribution in [3.63, 3.8) is 0 Å². The lowest BCUT2D eigenvalue weighted by Gasteiger charge is -2.51. The standard InChI is InChI=1S/C15H30N2O2S/c1-3-20(18,19)11-7-10-17-12-14(2)16-13-15(17)8-5-4-6-9-15/h14,16H,3-13H2,1-2H3. The van der Waals surface area contributed by atoms with Gasteiger partial charge in [0.1, 0.15) is 9.84 Å². The third kappa shape index (κ3) is 3.95.